The van der Waals surface area contributed by atoms with Gasteiger partial charge in [0.25, 0.3) is 0 Å². The third-order valence-corrected chi connectivity index (χ3v) is 3.19. The molecule has 0 radical (unpaired) electrons. The number of carbonyl (C=O) groups excluding carboxylic acids is 1. The minimum absolute atomic E-state index is 0.0973. The van der Waals surface area contributed by atoms with E-state index in [4.69, 9.17) is 23.2 Å². The summed E-state index contributed by atoms with van der Waals surface area (Å²) in [4.78, 5) is 11.7. The first-order valence-corrected chi connectivity index (χ1v) is 6.81. The first-order valence-electron chi connectivity index (χ1n) is 6.05. The van der Waals surface area contributed by atoms with Gasteiger partial charge in [0.15, 0.2) is 5.78 Å². The molecule has 0 aliphatic heterocycles. The van der Waals surface area contributed by atoms with E-state index < -0.39 is 0 Å². The quantitative estimate of drug-likeness (QED) is 0.701. The summed E-state index contributed by atoms with van der Waals surface area (Å²) in [5, 5.41) is 1.09. The fourth-order valence-corrected chi connectivity index (χ4v) is 2.08. The van der Waals surface area contributed by atoms with Crippen molar-refractivity contribution < 1.29 is 4.79 Å². The van der Waals surface area contributed by atoms with Gasteiger partial charge in [-0.25, -0.2) is 0 Å². The Morgan fingerprint density at radius 1 is 0.900 bits per heavy atom. The molecule has 1 nitrogen and oxygen atoms in total. The summed E-state index contributed by atoms with van der Waals surface area (Å²) in [7, 11) is 0. The van der Waals surface area contributed by atoms with E-state index in [9.17, 15) is 4.79 Å². The van der Waals surface area contributed by atoms with Crippen LogP contribution in [0.25, 0.3) is 12.2 Å². The second-order valence-corrected chi connectivity index (χ2v) is 4.99. The van der Waals surface area contributed by atoms with Crippen molar-refractivity contribution in [1.82, 2.24) is 0 Å². The van der Waals surface area contributed by atoms with Crippen LogP contribution >= 0.6 is 23.2 Å². The third kappa shape index (κ3) is 4.37. The lowest BCUT2D eigenvalue weighted by molar-refractivity contribution is -0.110. The Morgan fingerprint density at radius 2 is 1.60 bits per heavy atom. The number of hydrogen-bond donors (Lipinski definition) is 0. The molecule has 0 bridgehead atoms. The minimum Gasteiger partial charge on any atom is -0.290 e. The lowest BCUT2D eigenvalue weighted by Crippen LogP contribution is -1.85. The average molecular weight is 303 g/mol. The Morgan fingerprint density at radius 3 is 2.30 bits per heavy atom. The summed E-state index contributed by atoms with van der Waals surface area (Å²) in [5.74, 6) is -0.0973. The predicted molar refractivity (Wildman–Crippen MR) is 86.0 cm³/mol. The molecule has 0 aliphatic carbocycles. The molecule has 100 valence electrons. The zero-order chi connectivity index (χ0) is 14.4. The molecule has 0 unspecified atom stereocenters. The molecule has 0 spiro atoms. The molecule has 2 aromatic rings. The standard InChI is InChI=1S/C17H12Cl2O/c18-15-9-7-14(17(19)12-15)8-11-16(20)10-6-13-4-2-1-3-5-13/h1-12H. The zero-order valence-corrected chi connectivity index (χ0v) is 12.1. The SMILES string of the molecule is O=C(C=Cc1ccccc1)C=Cc1ccc(Cl)cc1Cl. The van der Waals surface area contributed by atoms with Crippen molar-refractivity contribution in [2.75, 3.05) is 0 Å². The van der Waals surface area contributed by atoms with E-state index in [1.165, 1.54) is 12.2 Å². The maximum Gasteiger partial charge on any atom is 0.178 e. The van der Waals surface area contributed by atoms with Gasteiger partial charge in [-0.15, -0.1) is 0 Å². The van der Waals surface area contributed by atoms with E-state index in [0.29, 0.717) is 10.0 Å². The van der Waals surface area contributed by atoms with Crippen molar-refractivity contribution in [2.24, 2.45) is 0 Å². The van der Waals surface area contributed by atoms with E-state index in [1.807, 2.05) is 30.3 Å². The number of ketones is 1. The van der Waals surface area contributed by atoms with E-state index in [0.717, 1.165) is 11.1 Å². The smallest absolute Gasteiger partial charge is 0.178 e. The maximum absolute atomic E-state index is 11.7. The molecule has 0 saturated heterocycles. The van der Waals surface area contributed by atoms with Crippen LogP contribution in [0.3, 0.4) is 0 Å². The molecule has 2 rings (SSSR count). The molecular weight excluding hydrogens is 291 g/mol. The fraction of sp³-hybridized carbons (Fsp3) is 0. The maximum atomic E-state index is 11.7. The molecule has 0 atom stereocenters. The molecule has 0 amide bonds. The van der Waals surface area contributed by atoms with Gasteiger partial charge in [-0.05, 0) is 41.5 Å². The zero-order valence-electron chi connectivity index (χ0n) is 10.6. The van der Waals surface area contributed by atoms with Crippen molar-refractivity contribution in [3.05, 3.63) is 81.9 Å². The molecule has 0 saturated carbocycles. The molecule has 0 N–H and O–H groups in total. The third-order valence-electron chi connectivity index (χ3n) is 2.63. The number of benzene rings is 2. The van der Waals surface area contributed by atoms with Gasteiger partial charge in [0.05, 0.1) is 0 Å². The molecule has 0 heterocycles. The fourth-order valence-electron chi connectivity index (χ4n) is 1.61. The highest BCUT2D eigenvalue weighted by Gasteiger charge is 1.98. The normalized spacial score (nSPS) is 11.3. The monoisotopic (exact) mass is 302 g/mol. The Balaban J connectivity index is 2.04. The summed E-state index contributed by atoms with van der Waals surface area (Å²) >= 11 is 11.8. The average Bonchev–Trinajstić information content (AvgIpc) is 2.45. The molecule has 2 aromatic carbocycles. The van der Waals surface area contributed by atoms with Gasteiger partial charge >= 0.3 is 0 Å². The largest absolute Gasteiger partial charge is 0.290 e. The number of halogens is 2. The van der Waals surface area contributed by atoms with E-state index in [-0.39, 0.29) is 5.78 Å². The number of rotatable bonds is 4. The molecule has 3 heteroatoms. The van der Waals surface area contributed by atoms with Gasteiger partial charge < -0.3 is 0 Å². The summed E-state index contributed by atoms with van der Waals surface area (Å²) in [6.45, 7) is 0. The Bertz CT molecular complexity index is 658. The molecule has 20 heavy (non-hydrogen) atoms. The van der Waals surface area contributed by atoms with Gasteiger partial charge in [0.1, 0.15) is 0 Å². The van der Waals surface area contributed by atoms with Crippen LogP contribution in [0.2, 0.25) is 10.0 Å². The van der Waals surface area contributed by atoms with Crippen molar-refractivity contribution in [3.8, 4) is 0 Å². The second-order valence-electron chi connectivity index (χ2n) is 4.15. The van der Waals surface area contributed by atoms with Gasteiger partial charge in [0.2, 0.25) is 0 Å². The van der Waals surface area contributed by atoms with Crippen LogP contribution in [0.5, 0.6) is 0 Å². The lowest BCUT2D eigenvalue weighted by Gasteiger charge is -1.97. The van der Waals surface area contributed by atoms with Gasteiger partial charge in [-0.3, -0.25) is 4.79 Å². The van der Waals surface area contributed by atoms with Crippen LogP contribution in [-0.4, -0.2) is 5.78 Å². The second kappa shape index (κ2) is 7.09. The topological polar surface area (TPSA) is 17.1 Å². The van der Waals surface area contributed by atoms with Crippen LogP contribution in [0, 0.1) is 0 Å². The molecule has 0 aliphatic rings. The molecule has 0 fully saturated rings. The van der Waals surface area contributed by atoms with Gasteiger partial charge in [0, 0.05) is 10.0 Å². The summed E-state index contributed by atoms with van der Waals surface area (Å²) in [6.07, 6.45) is 6.46. The highest BCUT2D eigenvalue weighted by molar-refractivity contribution is 6.35. The Labute approximate surface area is 128 Å². The number of allylic oxidation sites excluding steroid dienone is 2. The van der Waals surface area contributed by atoms with Crippen LogP contribution in [0.4, 0.5) is 0 Å². The van der Waals surface area contributed by atoms with Gasteiger partial charge in [-0.2, -0.15) is 0 Å². The predicted octanol–water partition coefficient (Wildman–Crippen LogP) is 5.29. The summed E-state index contributed by atoms with van der Waals surface area (Å²) in [5.41, 5.74) is 1.75. The Hall–Kier alpha value is -1.83. The van der Waals surface area contributed by atoms with Crippen molar-refractivity contribution in [3.63, 3.8) is 0 Å². The van der Waals surface area contributed by atoms with Crippen LogP contribution < -0.4 is 0 Å². The van der Waals surface area contributed by atoms with Gasteiger partial charge in [-0.1, -0.05) is 65.7 Å². The number of hydrogen-bond acceptors (Lipinski definition) is 1. The van der Waals surface area contributed by atoms with Crippen LogP contribution in [-0.2, 0) is 4.79 Å². The highest BCUT2D eigenvalue weighted by Crippen LogP contribution is 2.21. The highest BCUT2D eigenvalue weighted by atomic mass is 35.5. The summed E-state index contributed by atoms with van der Waals surface area (Å²) in [6, 6.07) is 14.8. The van der Waals surface area contributed by atoms with E-state index in [2.05, 4.69) is 0 Å². The summed E-state index contributed by atoms with van der Waals surface area (Å²) < 4.78 is 0. The van der Waals surface area contributed by atoms with Crippen LogP contribution in [0.1, 0.15) is 11.1 Å². The lowest BCUT2D eigenvalue weighted by atomic mass is 10.1. The first-order chi connectivity index (χ1) is 9.65. The molecule has 0 aromatic heterocycles. The van der Waals surface area contributed by atoms with Crippen LogP contribution in [0.15, 0.2) is 60.7 Å². The number of carbonyl (C=O) groups is 1. The minimum atomic E-state index is -0.0973. The first kappa shape index (κ1) is 14.6. The Kier molecular flexibility index (Phi) is 5.16. The van der Waals surface area contributed by atoms with Crippen molar-refractivity contribution >= 4 is 41.1 Å². The van der Waals surface area contributed by atoms with E-state index >= 15 is 0 Å². The van der Waals surface area contributed by atoms with E-state index in [1.54, 1.807) is 30.4 Å². The van der Waals surface area contributed by atoms with Crippen molar-refractivity contribution in [1.29, 1.82) is 0 Å². The molecular formula is C17H12Cl2O. The van der Waals surface area contributed by atoms with Crippen molar-refractivity contribution in [2.45, 2.75) is 0 Å².